The zero-order valence-corrected chi connectivity index (χ0v) is 14.7. The van der Waals surface area contributed by atoms with Gasteiger partial charge in [-0.15, -0.1) is 0 Å². The van der Waals surface area contributed by atoms with E-state index in [-0.39, 0.29) is 18.8 Å². The second kappa shape index (κ2) is 8.91. The summed E-state index contributed by atoms with van der Waals surface area (Å²) in [5.41, 5.74) is 0. The third-order valence-corrected chi connectivity index (χ3v) is 6.33. The molecule has 2 saturated carbocycles. The first-order chi connectivity index (χ1) is 11.6. The molecular formula is C19H33F2NO2. The molecule has 0 aromatic carbocycles. The van der Waals surface area contributed by atoms with Crippen molar-refractivity contribution in [1.29, 1.82) is 0 Å². The molecule has 5 atom stereocenters. The fraction of sp³-hybridized carbons (Fsp3) is 1.00. The molecule has 0 radical (unpaired) electrons. The lowest BCUT2D eigenvalue weighted by molar-refractivity contribution is -0.0985. The predicted octanol–water partition coefficient (Wildman–Crippen LogP) is 3.49. The Morgan fingerprint density at radius 1 is 0.958 bits per heavy atom. The number of likely N-dealkylation sites (tertiary alicyclic amines) is 1. The number of hydrogen-bond donors (Lipinski definition) is 1. The minimum absolute atomic E-state index is 0.0929. The van der Waals surface area contributed by atoms with E-state index in [9.17, 15) is 13.9 Å². The number of nitrogens with zero attached hydrogens (tertiary/aromatic N) is 1. The third-order valence-electron chi connectivity index (χ3n) is 6.33. The molecule has 1 aliphatic heterocycles. The highest BCUT2D eigenvalue weighted by atomic mass is 19.1. The lowest BCUT2D eigenvalue weighted by Crippen LogP contribution is -2.46. The van der Waals surface area contributed by atoms with E-state index in [4.69, 9.17) is 4.74 Å². The minimum Gasteiger partial charge on any atom is -0.392 e. The van der Waals surface area contributed by atoms with Gasteiger partial charge in [-0.2, -0.15) is 0 Å². The zero-order chi connectivity index (χ0) is 16.9. The molecule has 3 nitrogen and oxygen atoms in total. The number of hydrogen-bond acceptors (Lipinski definition) is 3. The van der Waals surface area contributed by atoms with Gasteiger partial charge in [0.25, 0.3) is 0 Å². The molecule has 0 bridgehead atoms. The van der Waals surface area contributed by atoms with Crippen molar-refractivity contribution in [1.82, 2.24) is 4.90 Å². The van der Waals surface area contributed by atoms with Gasteiger partial charge in [-0.3, -0.25) is 0 Å². The van der Waals surface area contributed by atoms with Crippen molar-refractivity contribution in [2.75, 3.05) is 26.2 Å². The van der Waals surface area contributed by atoms with Crippen molar-refractivity contribution in [3.05, 3.63) is 0 Å². The molecule has 1 heterocycles. The molecule has 0 aromatic rings. The molecule has 3 aliphatic rings. The molecule has 1 N–H and O–H groups in total. The van der Waals surface area contributed by atoms with E-state index in [0.29, 0.717) is 6.61 Å². The summed E-state index contributed by atoms with van der Waals surface area (Å²) in [6.07, 6.45) is 4.33. The highest BCUT2D eigenvalue weighted by Crippen LogP contribution is 2.38. The third kappa shape index (κ3) is 4.67. The van der Waals surface area contributed by atoms with Crippen molar-refractivity contribution >= 4 is 0 Å². The number of alkyl halides is 2. The number of halogens is 2. The van der Waals surface area contributed by atoms with Crippen LogP contribution in [0.5, 0.6) is 0 Å². The summed E-state index contributed by atoms with van der Waals surface area (Å²) in [5, 5.41) is 10.5. The fourth-order valence-electron chi connectivity index (χ4n) is 4.79. The maximum absolute atomic E-state index is 14.6. The highest BCUT2D eigenvalue weighted by Gasteiger charge is 2.43. The molecule has 5 unspecified atom stereocenters. The molecule has 3 rings (SSSR count). The van der Waals surface area contributed by atoms with Crippen molar-refractivity contribution < 1.29 is 18.6 Å². The van der Waals surface area contributed by atoms with Gasteiger partial charge in [-0.05, 0) is 51.1 Å². The Bertz CT molecular complexity index is 372. The van der Waals surface area contributed by atoms with E-state index in [2.05, 4.69) is 4.90 Å². The molecule has 5 heteroatoms. The van der Waals surface area contributed by atoms with Crippen LogP contribution in [-0.4, -0.2) is 60.8 Å². The number of aliphatic hydroxyl groups is 1. The quantitative estimate of drug-likeness (QED) is 0.800. The zero-order valence-electron chi connectivity index (χ0n) is 14.7. The van der Waals surface area contributed by atoms with Gasteiger partial charge in [0.15, 0.2) is 0 Å². The Balaban J connectivity index is 1.44. The summed E-state index contributed by atoms with van der Waals surface area (Å²) in [5.74, 6) is -0.400. The van der Waals surface area contributed by atoms with Gasteiger partial charge in [-0.1, -0.05) is 19.3 Å². The Labute approximate surface area is 144 Å². The second-order valence-electron chi connectivity index (χ2n) is 8.01. The van der Waals surface area contributed by atoms with Crippen LogP contribution in [0.1, 0.15) is 57.8 Å². The molecule has 140 valence electrons. The smallest absolute Gasteiger partial charge is 0.127 e. The minimum atomic E-state index is -1.15. The van der Waals surface area contributed by atoms with E-state index in [1.165, 1.54) is 19.3 Å². The molecule has 2 aliphatic carbocycles. The summed E-state index contributed by atoms with van der Waals surface area (Å²) >= 11 is 0. The van der Waals surface area contributed by atoms with Crippen LogP contribution in [0.25, 0.3) is 0 Å². The summed E-state index contributed by atoms with van der Waals surface area (Å²) in [7, 11) is 0. The molecule has 3 fully saturated rings. The van der Waals surface area contributed by atoms with Crippen molar-refractivity contribution in [3.63, 3.8) is 0 Å². The van der Waals surface area contributed by atoms with Crippen LogP contribution >= 0.6 is 0 Å². The van der Waals surface area contributed by atoms with Gasteiger partial charge >= 0.3 is 0 Å². The molecular weight excluding hydrogens is 312 g/mol. The van der Waals surface area contributed by atoms with Crippen LogP contribution in [0.15, 0.2) is 0 Å². The van der Waals surface area contributed by atoms with E-state index >= 15 is 0 Å². The standard InChI is InChI=1S/C19H33F2NO2/c20-16-13-18(24-11-10-22-8-4-5-9-22)17(21)12-15(16)19(23)14-6-2-1-3-7-14/h14-19,23H,1-13H2. The topological polar surface area (TPSA) is 32.7 Å². The lowest BCUT2D eigenvalue weighted by atomic mass is 9.73. The van der Waals surface area contributed by atoms with Crippen LogP contribution in [0, 0.1) is 11.8 Å². The van der Waals surface area contributed by atoms with Crippen LogP contribution < -0.4 is 0 Å². The van der Waals surface area contributed by atoms with Crippen molar-refractivity contribution in [2.45, 2.75) is 82.3 Å². The SMILES string of the molecule is OC(C1CCCCC1)C1CC(F)C(OCCN2CCCC2)CC1F. The van der Waals surface area contributed by atoms with Gasteiger partial charge in [0, 0.05) is 18.9 Å². The molecule has 0 spiro atoms. The van der Waals surface area contributed by atoms with Crippen molar-refractivity contribution in [3.8, 4) is 0 Å². The van der Waals surface area contributed by atoms with E-state index in [1.807, 2.05) is 0 Å². The second-order valence-corrected chi connectivity index (χ2v) is 8.01. The number of rotatable bonds is 6. The average molecular weight is 345 g/mol. The van der Waals surface area contributed by atoms with Crippen LogP contribution in [0.3, 0.4) is 0 Å². The Morgan fingerprint density at radius 3 is 2.38 bits per heavy atom. The molecule has 24 heavy (non-hydrogen) atoms. The normalized spacial score (nSPS) is 37.6. The first-order valence-electron chi connectivity index (χ1n) is 9.95. The monoisotopic (exact) mass is 345 g/mol. The maximum Gasteiger partial charge on any atom is 0.127 e. The first kappa shape index (κ1) is 18.5. The van der Waals surface area contributed by atoms with Crippen molar-refractivity contribution in [2.24, 2.45) is 11.8 Å². The first-order valence-corrected chi connectivity index (χ1v) is 9.95. The van der Waals surface area contributed by atoms with Gasteiger partial charge in [-0.25, -0.2) is 8.78 Å². The number of aliphatic hydroxyl groups excluding tert-OH is 1. The Hall–Kier alpha value is -0.260. The summed E-state index contributed by atoms with van der Waals surface area (Å²) in [4.78, 5) is 2.32. The average Bonchev–Trinajstić information content (AvgIpc) is 3.11. The summed E-state index contributed by atoms with van der Waals surface area (Å²) < 4.78 is 34.7. The molecule has 0 amide bonds. The van der Waals surface area contributed by atoms with E-state index < -0.39 is 30.5 Å². The molecule has 1 saturated heterocycles. The Morgan fingerprint density at radius 2 is 1.67 bits per heavy atom. The van der Waals surface area contributed by atoms with Crippen LogP contribution in [0.4, 0.5) is 8.78 Å². The summed E-state index contributed by atoms with van der Waals surface area (Å²) in [6.45, 7) is 3.48. The van der Waals surface area contributed by atoms with Gasteiger partial charge in [0.05, 0.1) is 18.8 Å². The number of ether oxygens (including phenoxy) is 1. The predicted molar refractivity (Wildman–Crippen MR) is 90.5 cm³/mol. The maximum atomic E-state index is 14.6. The largest absolute Gasteiger partial charge is 0.392 e. The van der Waals surface area contributed by atoms with E-state index in [0.717, 1.165) is 45.3 Å². The van der Waals surface area contributed by atoms with Crippen LogP contribution in [0.2, 0.25) is 0 Å². The lowest BCUT2D eigenvalue weighted by Gasteiger charge is -2.40. The fourth-order valence-corrected chi connectivity index (χ4v) is 4.79. The highest BCUT2D eigenvalue weighted by molar-refractivity contribution is 4.92. The molecule has 0 aromatic heterocycles. The van der Waals surface area contributed by atoms with Gasteiger partial charge in [0.1, 0.15) is 12.3 Å². The van der Waals surface area contributed by atoms with E-state index in [1.54, 1.807) is 0 Å². The van der Waals surface area contributed by atoms with Crippen LogP contribution in [-0.2, 0) is 4.74 Å². The van der Waals surface area contributed by atoms with Gasteiger partial charge < -0.3 is 14.7 Å². The Kier molecular flexibility index (Phi) is 6.88. The summed E-state index contributed by atoms with van der Waals surface area (Å²) in [6, 6.07) is 0. The van der Waals surface area contributed by atoms with Gasteiger partial charge in [0.2, 0.25) is 0 Å².